The summed E-state index contributed by atoms with van der Waals surface area (Å²) in [5.74, 6) is 0.559. The molecule has 2 fully saturated rings. The van der Waals surface area contributed by atoms with Gasteiger partial charge in [-0.1, -0.05) is 12.1 Å². The van der Waals surface area contributed by atoms with E-state index < -0.39 is 5.91 Å². The van der Waals surface area contributed by atoms with Crippen LogP contribution in [0, 0.1) is 0 Å². The van der Waals surface area contributed by atoms with Crippen LogP contribution in [-0.4, -0.2) is 61.6 Å². The van der Waals surface area contributed by atoms with E-state index in [1.54, 1.807) is 41.3 Å². The zero-order valence-corrected chi connectivity index (χ0v) is 18.2. The second-order valence-corrected chi connectivity index (χ2v) is 7.58. The molecule has 1 N–H and O–H groups in total. The number of rotatable bonds is 7. The average molecular weight is 439 g/mol. The van der Waals surface area contributed by atoms with Gasteiger partial charge in [0.2, 0.25) is 0 Å². The first-order chi connectivity index (χ1) is 15.5. The molecule has 0 aromatic heterocycles. The Bertz CT molecular complexity index is 1030. The van der Waals surface area contributed by atoms with Gasteiger partial charge in [-0.2, -0.15) is 0 Å². The molecule has 2 aromatic carbocycles. The summed E-state index contributed by atoms with van der Waals surface area (Å²) in [5, 5.41) is 2.83. The van der Waals surface area contributed by atoms with Gasteiger partial charge in [-0.3, -0.25) is 14.5 Å². The third-order valence-electron chi connectivity index (χ3n) is 5.79. The number of urea groups is 1. The molecule has 1 unspecified atom stereocenters. The standard InChI is InChI=1S/C23H25N3O6/c1-30-17-10-9-14(13-26-22(28)16-6-5-11-25(16)23(26)29)12-15(17)24-21(27)20-18(31-2)7-4-8-19(20)32-3/h4,7-10,12,16H,5-6,11,13H2,1-3H3,(H,24,27). The molecule has 4 amide bonds. The molecule has 2 aliphatic heterocycles. The van der Waals surface area contributed by atoms with E-state index in [1.165, 1.54) is 26.2 Å². The molecular weight excluding hydrogens is 414 g/mol. The van der Waals surface area contributed by atoms with Gasteiger partial charge in [-0.25, -0.2) is 4.79 Å². The number of amides is 4. The van der Waals surface area contributed by atoms with Crippen molar-refractivity contribution in [2.45, 2.75) is 25.4 Å². The van der Waals surface area contributed by atoms with Crippen molar-refractivity contribution in [1.82, 2.24) is 9.80 Å². The number of nitrogens with zero attached hydrogens (tertiary/aromatic N) is 2. The highest BCUT2D eigenvalue weighted by Crippen LogP contribution is 2.33. The molecule has 2 heterocycles. The maximum absolute atomic E-state index is 13.1. The van der Waals surface area contributed by atoms with Crippen molar-refractivity contribution >= 4 is 23.5 Å². The molecule has 168 valence electrons. The predicted molar refractivity (Wildman–Crippen MR) is 116 cm³/mol. The molecule has 0 bridgehead atoms. The molecule has 2 aliphatic rings. The monoisotopic (exact) mass is 439 g/mol. The normalized spacial score (nSPS) is 17.4. The van der Waals surface area contributed by atoms with E-state index in [4.69, 9.17) is 14.2 Å². The second-order valence-electron chi connectivity index (χ2n) is 7.58. The maximum Gasteiger partial charge on any atom is 0.327 e. The highest BCUT2D eigenvalue weighted by atomic mass is 16.5. The van der Waals surface area contributed by atoms with E-state index in [-0.39, 0.29) is 30.1 Å². The first kappa shape index (κ1) is 21.5. The molecule has 4 rings (SSSR count). The highest BCUT2D eigenvalue weighted by molar-refractivity contribution is 6.09. The summed E-state index contributed by atoms with van der Waals surface area (Å²) in [4.78, 5) is 41.3. The number of hydrogen-bond donors (Lipinski definition) is 1. The first-order valence-electron chi connectivity index (χ1n) is 10.3. The van der Waals surface area contributed by atoms with Gasteiger partial charge in [-0.05, 0) is 42.7 Å². The zero-order chi connectivity index (χ0) is 22.8. The quantitative estimate of drug-likeness (QED) is 0.667. The van der Waals surface area contributed by atoms with Crippen molar-refractivity contribution in [3.8, 4) is 17.2 Å². The smallest absolute Gasteiger partial charge is 0.327 e. The Balaban J connectivity index is 1.59. The van der Waals surface area contributed by atoms with Crippen LogP contribution >= 0.6 is 0 Å². The minimum Gasteiger partial charge on any atom is -0.496 e. The van der Waals surface area contributed by atoms with E-state index in [1.807, 2.05) is 0 Å². The van der Waals surface area contributed by atoms with E-state index >= 15 is 0 Å². The number of hydrogen-bond acceptors (Lipinski definition) is 6. The summed E-state index contributed by atoms with van der Waals surface area (Å²) < 4.78 is 16.0. The van der Waals surface area contributed by atoms with Crippen LogP contribution in [0.25, 0.3) is 0 Å². The number of benzene rings is 2. The number of carbonyl (C=O) groups excluding carboxylic acids is 3. The number of nitrogens with one attached hydrogen (secondary N) is 1. The zero-order valence-electron chi connectivity index (χ0n) is 18.2. The largest absolute Gasteiger partial charge is 0.496 e. The lowest BCUT2D eigenvalue weighted by atomic mass is 10.1. The SMILES string of the molecule is COc1ccc(CN2C(=O)C3CCCN3C2=O)cc1NC(=O)c1c(OC)cccc1OC. The Morgan fingerprint density at radius 3 is 2.34 bits per heavy atom. The van der Waals surface area contributed by atoms with Gasteiger partial charge >= 0.3 is 6.03 Å². The Morgan fingerprint density at radius 2 is 1.72 bits per heavy atom. The molecule has 2 aromatic rings. The molecule has 0 spiro atoms. The lowest BCUT2D eigenvalue weighted by Crippen LogP contribution is -2.32. The van der Waals surface area contributed by atoms with E-state index in [2.05, 4.69) is 5.32 Å². The number of ether oxygens (including phenoxy) is 3. The van der Waals surface area contributed by atoms with Gasteiger partial charge in [0.1, 0.15) is 28.9 Å². The van der Waals surface area contributed by atoms with Crippen LogP contribution in [0.3, 0.4) is 0 Å². The van der Waals surface area contributed by atoms with Crippen molar-refractivity contribution in [2.75, 3.05) is 33.2 Å². The molecule has 2 saturated heterocycles. The van der Waals surface area contributed by atoms with Crippen LogP contribution in [-0.2, 0) is 11.3 Å². The van der Waals surface area contributed by atoms with Crippen molar-refractivity contribution < 1.29 is 28.6 Å². The number of carbonyl (C=O) groups is 3. The van der Waals surface area contributed by atoms with E-state index in [0.717, 1.165) is 6.42 Å². The van der Waals surface area contributed by atoms with Crippen LogP contribution in [0.2, 0.25) is 0 Å². The fourth-order valence-corrected chi connectivity index (χ4v) is 4.22. The number of imide groups is 1. The summed E-state index contributed by atoms with van der Waals surface area (Å²) >= 11 is 0. The Labute approximate surface area is 185 Å². The molecule has 1 atom stereocenters. The summed E-state index contributed by atoms with van der Waals surface area (Å²) in [6.07, 6.45) is 1.55. The molecular formula is C23H25N3O6. The van der Waals surface area contributed by atoms with Crippen molar-refractivity contribution in [1.29, 1.82) is 0 Å². The Hall–Kier alpha value is -3.75. The average Bonchev–Trinajstić information content (AvgIpc) is 3.38. The number of anilines is 1. The minimum absolute atomic E-state index is 0.121. The molecule has 0 saturated carbocycles. The Morgan fingerprint density at radius 1 is 1.03 bits per heavy atom. The molecule has 0 aliphatic carbocycles. The highest BCUT2D eigenvalue weighted by Gasteiger charge is 2.47. The predicted octanol–water partition coefficient (Wildman–Crippen LogP) is 2.89. The lowest BCUT2D eigenvalue weighted by molar-refractivity contribution is -0.128. The third kappa shape index (κ3) is 3.70. The summed E-state index contributed by atoms with van der Waals surface area (Å²) in [6, 6.07) is 9.60. The van der Waals surface area contributed by atoms with Crippen LogP contribution in [0.1, 0.15) is 28.8 Å². The van der Waals surface area contributed by atoms with E-state index in [0.29, 0.717) is 41.5 Å². The maximum atomic E-state index is 13.1. The van der Waals surface area contributed by atoms with Crippen LogP contribution in [0.5, 0.6) is 17.2 Å². The molecule has 9 heteroatoms. The number of methoxy groups -OCH3 is 3. The first-order valence-corrected chi connectivity index (χ1v) is 10.3. The summed E-state index contributed by atoms with van der Waals surface area (Å²) in [7, 11) is 4.45. The molecule has 32 heavy (non-hydrogen) atoms. The van der Waals surface area contributed by atoms with E-state index in [9.17, 15) is 14.4 Å². The fourth-order valence-electron chi connectivity index (χ4n) is 4.22. The Kier molecular flexibility index (Phi) is 5.89. The van der Waals surface area contributed by atoms with Crippen molar-refractivity contribution in [2.24, 2.45) is 0 Å². The van der Waals surface area contributed by atoms with Gasteiger partial charge < -0.3 is 24.4 Å². The van der Waals surface area contributed by atoms with Crippen LogP contribution < -0.4 is 19.5 Å². The molecule has 0 radical (unpaired) electrons. The van der Waals surface area contributed by atoms with Gasteiger partial charge in [0.15, 0.2) is 0 Å². The van der Waals surface area contributed by atoms with Gasteiger partial charge in [0, 0.05) is 6.54 Å². The van der Waals surface area contributed by atoms with Gasteiger partial charge in [0.25, 0.3) is 11.8 Å². The second kappa shape index (κ2) is 8.78. The van der Waals surface area contributed by atoms with Crippen molar-refractivity contribution in [3.63, 3.8) is 0 Å². The van der Waals surface area contributed by atoms with Gasteiger partial charge in [0.05, 0.1) is 33.6 Å². The topological polar surface area (TPSA) is 97.4 Å². The van der Waals surface area contributed by atoms with Crippen molar-refractivity contribution in [3.05, 3.63) is 47.5 Å². The number of fused-ring (bicyclic) bond motifs is 1. The molecule has 9 nitrogen and oxygen atoms in total. The minimum atomic E-state index is -0.441. The lowest BCUT2D eigenvalue weighted by Gasteiger charge is -2.18. The third-order valence-corrected chi connectivity index (χ3v) is 5.79. The summed E-state index contributed by atoms with van der Waals surface area (Å²) in [5.41, 5.74) is 1.34. The van der Waals surface area contributed by atoms with Crippen LogP contribution in [0.15, 0.2) is 36.4 Å². The fraction of sp³-hybridized carbons (Fsp3) is 0.348. The van der Waals surface area contributed by atoms with Gasteiger partial charge in [-0.15, -0.1) is 0 Å². The van der Waals surface area contributed by atoms with Crippen LogP contribution in [0.4, 0.5) is 10.5 Å². The summed E-state index contributed by atoms with van der Waals surface area (Å²) in [6.45, 7) is 0.728.